The van der Waals surface area contributed by atoms with Crippen LogP contribution < -0.4 is 10.6 Å². The molecule has 3 heterocycles. The van der Waals surface area contributed by atoms with Crippen LogP contribution in [0.4, 0.5) is 17.6 Å². The highest BCUT2D eigenvalue weighted by Gasteiger charge is 2.52. The SMILES string of the molecule is Cc1nonc1C(=O)N[C@H](c1cn2ncc([C@H](NC(=O)CC3CC(F)(F)C3)C3(C#N)CC3)cc2n1)C1CCC(F)(F)CC1. The van der Waals surface area contributed by atoms with Gasteiger partial charge in [-0.3, -0.25) is 9.59 Å². The number of amides is 2. The van der Waals surface area contributed by atoms with Crippen molar-refractivity contribution in [3.63, 3.8) is 0 Å². The van der Waals surface area contributed by atoms with Gasteiger partial charge in [-0.25, -0.2) is 31.7 Å². The number of imidazole rings is 1. The zero-order chi connectivity index (χ0) is 30.6. The van der Waals surface area contributed by atoms with E-state index >= 15 is 0 Å². The Morgan fingerprint density at radius 2 is 1.84 bits per heavy atom. The minimum Gasteiger partial charge on any atom is -0.348 e. The molecule has 6 rings (SSSR count). The normalized spacial score (nSPS) is 22.2. The van der Waals surface area contributed by atoms with E-state index in [0.29, 0.717) is 29.7 Å². The van der Waals surface area contributed by atoms with Crippen LogP contribution in [0.3, 0.4) is 0 Å². The van der Waals surface area contributed by atoms with Crippen LogP contribution in [0.15, 0.2) is 23.1 Å². The number of fused-ring (bicyclic) bond motifs is 1. The number of nitrogens with zero attached hydrogens (tertiary/aromatic N) is 6. The minimum atomic E-state index is -2.77. The van der Waals surface area contributed by atoms with E-state index in [1.807, 2.05) is 0 Å². The average Bonchev–Trinajstić information content (AvgIpc) is 3.42. The first-order valence-electron chi connectivity index (χ1n) is 14.3. The number of alkyl halides is 4. The molecule has 0 aliphatic heterocycles. The number of aryl methyl sites for hydroxylation is 1. The first-order chi connectivity index (χ1) is 20.4. The Morgan fingerprint density at radius 1 is 1.12 bits per heavy atom. The third-order valence-corrected chi connectivity index (χ3v) is 8.92. The van der Waals surface area contributed by atoms with Crippen molar-refractivity contribution in [3.05, 3.63) is 41.1 Å². The predicted octanol–water partition coefficient (Wildman–Crippen LogP) is 4.61. The van der Waals surface area contributed by atoms with Crippen molar-refractivity contribution in [2.45, 2.75) is 88.6 Å². The summed E-state index contributed by atoms with van der Waals surface area (Å²) in [5.41, 5.74) is 0.693. The van der Waals surface area contributed by atoms with Crippen molar-refractivity contribution in [1.29, 1.82) is 5.26 Å². The number of halogens is 4. The predicted molar refractivity (Wildman–Crippen MR) is 140 cm³/mol. The number of nitrogens with one attached hydrogen (secondary N) is 2. The van der Waals surface area contributed by atoms with Gasteiger partial charge in [0.2, 0.25) is 17.8 Å². The van der Waals surface area contributed by atoms with Gasteiger partial charge in [-0.1, -0.05) is 5.16 Å². The standard InChI is InChI=1S/C28H30F4N8O3/c1-15-22(39-43-38-15)25(42)37-23(17-2-4-27(29,30)5-3-17)19-13-40-20(35-19)9-18(12-34-40)24(26(14-33)6-7-26)36-21(41)8-16-10-28(31,32)11-16/h9,12-13,16-17,23-24H,2-8,10-11H2,1H3,(H,36,41)(H,37,42)/t23-,24-/m0/s1. The van der Waals surface area contributed by atoms with Crippen molar-refractivity contribution in [3.8, 4) is 6.07 Å². The molecule has 0 bridgehead atoms. The molecule has 0 radical (unpaired) electrons. The summed E-state index contributed by atoms with van der Waals surface area (Å²) in [6.45, 7) is 1.56. The molecule has 3 aromatic rings. The summed E-state index contributed by atoms with van der Waals surface area (Å²) in [6, 6.07) is 2.51. The molecule has 3 saturated carbocycles. The summed E-state index contributed by atoms with van der Waals surface area (Å²) in [6.07, 6.45) is 3.18. The first kappa shape index (κ1) is 29.0. The molecule has 2 N–H and O–H groups in total. The van der Waals surface area contributed by atoms with Gasteiger partial charge < -0.3 is 10.6 Å². The van der Waals surface area contributed by atoms with E-state index in [9.17, 15) is 32.4 Å². The molecule has 3 aliphatic rings. The van der Waals surface area contributed by atoms with Gasteiger partial charge in [0, 0.05) is 32.1 Å². The van der Waals surface area contributed by atoms with Gasteiger partial charge in [0.25, 0.3) is 5.91 Å². The molecule has 0 unspecified atom stereocenters. The minimum absolute atomic E-state index is 0.0225. The molecule has 43 heavy (non-hydrogen) atoms. The van der Waals surface area contributed by atoms with Crippen LogP contribution in [-0.4, -0.2) is 48.6 Å². The largest absolute Gasteiger partial charge is 0.348 e. The highest BCUT2D eigenvalue weighted by Crippen LogP contribution is 2.54. The van der Waals surface area contributed by atoms with Gasteiger partial charge in [-0.15, -0.1) is 0 Å². The van der Waals surface area contributed by atoms with Gasteiger partial charge in [0.1, 0.15) is 5.69 Å². The summed E-state index contributed by atoms with van der Waals surface area (Å²) in [7, 11) is 0. The number of carbonyl (C=O) groups excluding carboxylic acids is 2. The van der Waals surface area contributed by atoms with Crippen LogP contribution in [0.5, 0.6) is 0 Å². The maximum Gasteiger partial charge on any atom is 0.276 e. The number of carbonyl (C=O) groups is 2. The molecular weight excluding hydrogens is 572 g/mol. The first-order valence-corrected chi connectivity index (χ1v) is 14.3. The molecule has 2 amide bonds. The maximum absolute atomic E-state index is 14.0. The fourth-order valence-corrected chi connectivity index (χ4v) is 6.25. The van der Waals surface area contributed by atoms with Crippen molar-refractivity contribution >= 4 is 17.5 Å². The summed E-state index contributed by atoms with van der Waals surface area (Å²) in [5.74, 6) is -7.25. The van der Waals surface area contributed by atoms with E-state index < -0.39 is 47.1 Å². The molecule has 11 nitrogen and oxygen atoms in total. The van der Waals surface area contributed by atoms with Crippen molar-refractivity contribution in [2.75, 3.05) is 0 Å². The van der Waals surface area contributed by atoms with Gasteiger partial charge in [-0.05, 0) is 61.2 Å². The Balaban J connectivity index is 1.27. The third kappa shape index (κ3) is 5.92. The molecule has 0 saturated heterocycles. The Hall–Kier alpha value is -4.09. The number of nitriles is 1. The number of aromatic nitrogens is 5. The third-order valence-electron chi connectivity index (χ3n) is 8.92. The number of hydrogen-bond donors (Lipinski definition) is 2. The van der Waals surface area contributed by atoms with E-state index in [1.54, 1.807) is 19.2 Å². The smallest absolute Gasteiger partial charge is 0.276 e. The lowest BCUT2D eigenvalue weighted by Gasteiger charge is -2.35. The maximum atomic E-state index is 14.0. The molecule has 3 aromatic heterocycles. The van der Waals surface area contributed by atoms with Gasteiger partial charge in [-0.2, -0.15) is 10.4 Å². The van der Waals surface area contributed by atoms with Gasteiger partial charge >= 0.3 is 0 Å². The van der Waals surface area contributed by atoms with E-state index in [1.165, 1.54) is 10.7 Å². The fourth-order valence-electron chi connectivity index (χ4n) is 6.25. The lowest BCUT2D eigenvalue weighted by Crippen LogP contribution is -2.40. The van der Waals surface area contributed by atoms with E-state index in [2.05, 4.69) is 41.7 Å². The molecule has 3 aliphatic carbocycles. The van der Waals surface area contributed by atoms with E-state index in [0.717, 1.165) is 0 Å². The highest BCUT2D eigenvalue weighted by atomic mass is 19.3. The van der Waals surface area contributed by atoms with Crippen LogP contribution >= 0.6 is 0 Å². The van der Waals surface area contributed by atoms with Crippen LogP contribution in [0.25, 0.3) is 5.65 Å². The Labute approximate surface area is 243 Å². The highest BCUT2D eigenvalue weighted by molar-refractivity contribution is 5.93. The second-order valence-corrected chi connectivity index (χ2v) is 12.2. The summed E-state index contributed by atoms with van der Waals surface area (Å²) in [5, 5.41) is 27.4. The number of rotatable bonds is 9. The molecule has 228 valence electrons. The zero-order valence-corrected chi connectivity index (χ0v) is 23.3. The summed E-state index contributed by atoms with van der Waals surface area (Å²) < 4.78 is 60.6. The molecule has 0 spiro atoms. The van der Waals surface area contributed by atoms with Gasteiger partial charge in [0.15, 0.2) is 11.3 Å². The van der Waals surface area contributed by atoms with E-state index in [4.69, 9.17) is 0 Å². The Morgan fingerprint density at radius 3 is 2.44 bits per heavy atom. The Bertz CT molecular complexity index is 1580. The Kier molecular flexibility index (Phi) is 7.13. The molecule has 2 atom stereocenters. The van der Waals surface area contributed by atoms with Crippen molar-refractivity contribution < 1.29 is 31.8 Å². The van der Waals surface area contributed by atoms with Gasteiger partial charge in [0.05, 0.1) is 41.7 Å². The van der Waals surface area contributed by atoms with E-state index in [-0.39, 0.29) is 62.3 Å². The molecular formula is C28H30F4N8O3. The monoisotopic (exact) mass is 602 g/mol. The fraction of sp³-hybridized carbons (Fsp3) is 0.607. The zero-order valence-electron chi connectivity index (χ0n) is 23.3. The number of hydrogen-bond acceptors (Lipinski definition) is 8. The van der Waals surface area contributed by atoms with Crippen LogP contribution in [0.2, 0.25) is 0 Å². The summed E-state index contributed by atoms with van der Waals surface area (Å²) >= 11 is 0. The van der Waals surface area contributed by atoms with Crippen LogP contribution in [0.1, 0.15) is 97.3 Å². The molecule has 3 fully saturated rings. The molecule has 0 aromatic carbocycles. The second kappa shape index (κ2) is 10.6. The van der Waals surface area contributed by atoms with Crippen molar-refractivity contribution in [2.24, 2.45) is 17.3 Å². The second-order valence-electron chi connectivity index (χ2n) is 12.2. The van der Waals surface area contributed by atoms with Crippen LogP contribution in [0, 0.1) is 35.5 Å². The lowest BCUT2D eigenvalue weighted by molar-refractivity contribution is -0.134. The van der Waals surface area contributed by atoms with Crippen LogP contribution in [-0.2, 0) is 4.79 Å². The summed E-state index contributed by atoms with van der Waals surface area (Å²) in [4.78, 5) is 30.5. The topological polar surface area (TPSA) is 151 Å². The average molecular weight is 603 g/mol. The van der Waals surface area contributed by atoms with Crippen molar-refractivity contribution in [1.82, 2.24) is 35.5 Å². The molecule has 15 heteroatoms. The quantitative estimate of drug-likeness (QED) is 0.337. The lowest BCUT2D eigenvalue weighted by atomic mass is 9.79.